The number of rotatable bonds is 12. The molecule has 6 rings (SSSR count). The Bertz CT molecular complexity index is 1420. The third-order valence-corrected chi connectivity index (χ3v) is 17.5. The largest absolute Gasteiger partial charge is 1.00 e. The highest BCUT2D eigenvalue weighted by molar-refractivity contribution is 7.96. The number of benzene rings is 6. The molecular weight excluding hydrogens is 606 g/mol. The van der Waals surface area contributed by atoms with Gasteiger partial charge in [-0.2, -0.15) is 0 Å². The van der Waals surface area contributed by atoms with Crippen molar-refractivity contribution in [3.8, 4) is 0 Å². The van der Waals surface area contributed by atoms with Crippen molar-refractivity contribution in [1.29, 1.82) is 0 Å². The molecule has 0 amide bonds. The molecule has 0 bridgehead atoms. The molecule has 4 heteroatoms. The minimum atomic E-state index is -2.06. The van der Waals surface area contributed by atoms with Crippen LogP contribution >= 0.6 is 14.5 Å². The molecule has 224 valence electrons. The van der Waals surface area contributed by atoms with E-state index in [1.54, 1.807) is 0 Å². The minimum Gasteiger partial charge on any atom is -1.00 e. The van der Waals surface area contributed by atoms with E-state index in [9.17, 15) is 4.79 Å². The van der Waals surface area contributed by atoms with E-state index >= 15 is 0 Å². The minimum absolute atomic E-state index is 0. The fourth-order valence-corrected chi connectivity index (χ4v) is 15.1. The van der Waals surface area contributed by atoms with Crippen LogP contribution in [0.5, 0.6) is 0 Å². The summed E-state index contributed by atoms with van der Waals surface area (Å²) in [6.07, 6.45) is 2.73. The van der Waals surface area contributed by atoms with Crippen LogP contribution in [0.1, 0.15) is 12.8 Å². The number of halogens is 1. The van der Waals surface area contributed by atoms with Gasteiger partial charge in [0.05, 0.1) is 12.3 Å². The van der Waals surface area contributed by atoms with Gasteiger partial charge >= 0.3 is 0 Å². The van der Waals surface area contributed by atoms with Gasteiger partial charge in [-0.1, -0.05) is 109 Å². The number of carbonyl (C=O) groups is 1. The van der Waals surface area contributed by atoms with Gasteiger partial charge in [0.15, 0.2) is 0 Å². The maximum Gasteiger partial charge on any atom is 0.140 e. The van der Waals surface area contributed by atoms with Gasteiger partial charge < -0.3 is 12.4 Å². The molecule has 6 aromatic carbocycles. The summed E-state index contributed by atoms with van der Waals surface area (Å²) in [5, 5.41) is 7.94. The Morgan fingerprint density at radius 2 is 0.511 bits per heavy atom. The molecule has 0 aromatic heterocycles. The van der Waals surface area contributed by atoms with E-state index in [0.29, 0.717) is 18.6 Å². The van der Waals surface area contributed by atoms with Crippen LogP contribution in [0.3, 0.4) is 0 Å². The second-order valence-electron chi connectivity index (χ2n) is 11.1. The molecule has 45 heavy (non-hydrogen) atoms. The quantitative estimate of drug-likeness (QED) is 0.182. The number of carbonyl (C=O) groups excluding carboxylic acids is 1. The van der Waals surface area contributed by atoms with Gasteiger partial charge in [-0.25, -0.2) is 0 Å². The summed E-state index contributed by atoms with van der Waals surface area (Å²) in [6, 6.07) is 65.2. The summed E-state index contributed by atoms with van der Waals surface area (Å²) in [5.74, 6) is 0.337. The van der Waals surface area contributed by atoms with E-state index in [4.69, 9.17) is 0 Å². The first-order chi connectivity index (χ1) is 21.7. The van der Waals surface area contributed by atoms with Crippen molar-refractivity contribution in [2.45, 2.75) is 12.8 Å². The van der Waals surface area contributed by atoms with E-state index in [1.165, 1.54) is 31.8 Å². The highest BCUT2D eigenvalue weighted by Gasteiger charge is 2.47. The van der Waals surface area contributed by atoms with Gasteiger partial charge in [-0.05, 0) is 72.8 Å². The van der Waals surface area contributed by atoms with Gasteiger partial charge in [0, 0.05) is 12.8 Å². The lowest BCUT2D eigenvalue weighted by atomic mass is 10.2. The van der Waals surface area contributed by atoms with Crippen molar-refractivity contribution in [2.24, 2.45) is 0 Å². The Morgan fingerprint density at radius 3 is 0.689 bits per heavy atom. The van der Waals surface area contributed by atoms with Crippen molar-refractivity contribution in [3.63, 3.8) is 0 Å². The Labute approximate surface area is 275 Å². The zero-order valence-electron chi connectivity index (χ0n) is 25.3. The number of ketones is 1. The Kier molecular flexibility index (Phi) is 11.2. The van der Waals surface area contributed by atoms with E-state index in [2.05, 4.69) is 182 Å². The molecule has 0 saturated carbocycles. The van der Waals surface area contributed by atoms with Crippen LogP contribution in [0.25, 0.3) is 0 Å². The van der Waals surface area contributed by atoms with Crippen LogP contribution in [0.4, 0.5) is 0 Å². The molecule has 0 atom stereocenters. The molecule has 0 heterocycles. The third kappa shape index (κ3) is 6.88. The zero-order valence-corrected chi connectivity index (χ0v) is 27.9. The Morgan fingerprint density at radius 1 is 0.333 bits per heavy atom. The summed E-state index contributed by atoms with van der Waals surface area (Å²) < 4.78 is 0. The molecular formula is C41H38ClOP2+. The highest BCUT2D eigenvalue weighted by atomic mass is 35.5. The van der Waals surface area contributed by atoms with Crippen LogP contribution in [0, 0.1) is 0 Å². The molecule has 6 aromatic rings. The Hall–Kier alpha value is -3.86. The first-order valence-electron chi connectivity index (χ1n) is 15.3. The fraction of sp³-hybridized carbons (Fsp3) is 0.0976. The SMILES string of the molecule is O=C(CC[P+](c1ccccc1)(c1ccccc1)c1ccccc1)CC[P+](c1ccccc1)(c1ccccc1)c1ccccc1.[Cl-]. The predicted molar refractivity (Wildman–Crippen MR) is 194 cm³/mol. The average Bonchev–Trinajstić information content (AvgIpc) is 3.12. The van der Waals surface area contributed by atoms with E-state index in [0.717, 1.165) is 12.3 Å². The van der Waals surface area contributed by atoms with Gasteiger partial charge in [-0.15, -0.1) is 0 Å². The summed E-state index contributed by atoms with van der Waals surface area (Å²) in [5.41, 5.74) is 0. The van der Waals surface area contributed by atoms with Gasteiger partial charge in [0.1, 0.15) is 52.1 Å². The predicted octanol–water partition coefficient (Wildman–Crippen LogP) is 4.33. The third-order valence-electron chi connectivity index (χ3n) is 8.63. The van der Waals surface area contributed by atoms with E-state index < -0.39 is 14.5 Å². The smallest absolute Gasteiger partial charge is 0.140 e. The van der Waals surface area contributed by atoms with Crippen LogP contribution in [0.15, 0.2) is 182 Å². The van der Waals surface area contributed by atoms with Gasteiger partial charge in [0.2, 0.25) is 0 Å². The second kappa shape index (κ2) is 15.4. The molecule has 0 spiro atoms. The maximum atomic E-state index is 14.2. The average molecular weight is 644 g/mol. The molecule has 0 N–H and O–H groups in total. The van der Waals surface area contributed by atoms with Crippen LogP contribution < -0.4 is 44.2 Å². The molecule has 0 aliphatic rings. The first kappa shape index (κ1) is 32.5. The molecule has 0 aliphatic heterocycles. The second-order valence-corrected chi connectivity index (χ2v) is 18.4. The molecule has 0 saturated heterocycles. The Balaban J connectivity index is 0.00000400. The maximum absolute atomic E-state index is 14.2. The number of hydrogen-bond acceptors (Lipinski definition) is 1. The summed E-state index contributed by atoms with van der Waals surface area (Å²) in [4.78, 5) is 14.2. The van der Waals surface area contributed by atoms with Gasteiger partial charge in [-0.3, -0.25) is 4.79 Å². The molecule has 0 radical (unpaired) electrons. The lowest BCUT2D eigenvalue weighted by Gasteiger charge is -2.28. The lowest BCUT2D eigenvalue weighted by Crippen LogP contribution is -3.00. The first-order valence-corrected chi connectivity index (χ1v) is 19.3. The topological polar surface area (TPSA) is 17.1 Å². The lowest BCUT2D eigenvalue weighted by molar-refractivity contribution is -0.118. The number of hydrogen-bond donors (Lipinski definition) is 0. The normalized spacial score (nSPS) is 11.4. The summed E-state index contributed by atoms with van der Waals surface area (Å²) >= 11 is 0. The molecule has 0 aliphatic carbocycles. The fourth-order valence-electron chi connectivity index (χ4n) is 6.47. The highest BCUT2D eigenvalue weighted by Crippen LogP contribution is 2.57. The van der Waals surface area contributed by atoms with E-state index in [1.807, 2.05) is 0 Å². The van der Waals surface area contributed by atoms with Crippen LogP contribution in [-0.4, -0.2) is 18.1 Å². The molecule has 1 nitrogen and oxygen atoms in total. The van der Waals surface area contributed by atoms with E-state index in [-0.39, 0.29) is 12.4 Å². The van der Waals surface area contributed by atoms with Crippen LogP contribution in [-0.2, 0) is 4.79 Å². The monoisotopic (exact) mass is 643 g/mol. The van der Waals surface area contributed by atoms with Crippen molar-refractivity contribution in [2.75, 3.05) is 12.3 Å². The van der Waals surface area contributed by atoms with Crippen molar-refractivity contribution in [1.82, 2.24) is 0 Å². The zero-order chi connectivity index (χ0) is 30.1. The van der Waals surface area contributed by atoms with Gasteiger partial charge in [0.25, 0.3) is 0 Å². The van der Waals surface area contributed by atoms with Crippen molar-refractivity contribution in [3.05, 3.63) is 182 Å². The molecule has 0 fully saturated rings. The van der Waals surface area contributed by atoms with Crippen molar-refractivity contribution >= 4 is 52.1 Å². The molecule has 0 unspecified atom stereocenters. The summed E-state index contributed by atoms with van der Waals surface area (Å²) in [6.45, 7) is 0. The number of Topliss-reactive ketones (excluding diaryl/α,β-unsaturated/α-hetero) is 1. The summed E-state index contributed by atoms with van der Waals surface area (Å²) in [7, 11) is -4.11. The van der Waals surface area contributed by atoms with Crippen LogP contribution in [0.2, 0.25) is 0 Å². The van der Waals surface area contributed by atoms with Crippen molar-refractivity contribution < 1.29 is 17.2 Å². The standard InChI is InChI=1S/C41H38OP2.ClH/c42-35(31-33-43(36-19-7-1-8-20-36,37-21-9-2-10-22-37)38-23-11-3-12-24-38)32-34-44(39-25-13-4-14-26-39,40-27-15-5-16-28-40)41-29-17-6-18-30-41;/h1-30H,31-34H2;1H/q+2;/p-1.